The number of rotatable bonds is 7. The van der Waals surface area contributed by atoms with E-state index in [9.17, 15) is 0 Å². The Morgan fingerprint density at radius 1 is 1.00 bits per heavy atom. The first kappa shape index (κ1) is 15.2. The molecule has 21 heavy (non-hydrogen) atoms. The van der Waals surface area contributed by atoms with Crippen LogP contribution >= 0.6 is 0 Å². The average molecular weight is 285 g/mol. The molecule has 2 rings (SSSR count). The molecule has 0 aromatic heterocycles. The molecule has 0 radical (unpaired) electrons. The summed E-state index contributed by atoms with van der Waals surface area (Å²) in [5.41, 5.74) is 2.15. The second-order valence-corrected chi connectivity index (χ2v) is 4.99. The second-order valence-electron chi connectivity index (χ2n) is 4.99. The van der Waals surface area contributed by atoms with Crippen LogP contribution in [-0.2, 0) is 0 Å². The minimum atomic E-state index is 0.121. The van der Waals surface area contributed by atoms with Gasteiger partial charge in [-0.2, -0.15) is 0 Å². The summed E-state index contributed by atoms with van der Waals surface area (Å²) in [6, 6.07) is 16.0. The Bertz CT molecular complexity index is 569. The van der Waals surface area contributed by atoms with Gasteiger partial charge in [-0.25, -0.2) is 0 Å². The highest BCUT2D eigenvalue weighted by Crippen LogP contribution is 2.24. The molecular weight excluding hydrogens is 262 g/mol. The molecule has 0 amide bonds. The van der Waals surface area contributed by atoms with Crippen molar-refractivity contribution in [2.24, 2.45) is 0 Å². The van der Waals surface area contributed by atoms with Crippen LogP contribution in [0, 0.1) is 6.92 Å². The van der Waals surface area contributed by atoms with Crippen molar-refractivity contribution in [3.8, 4) is 11.5 Å². The lowest BCUT2D eigenvalue weighted by atomic mass is 10.2. The Kier molecular flexibility index (Phi) is 5.50. The van der Waals surface area contributed by atoms with E-state index in [0.29, 0.717) is 0 Å². The first-order valence-electron chi connectivity index (χ1n) is 7.33. The van der Waals surface area contributed by atoms with Gasteiger partial charge in [0.2, 0.25) is 0 Å². The highest BCUT2D eigenvalue weighted by atomic mass is 16.5. The fourth-order valence-corrected chi connectivity index (χ4v) is 2.15. The van der Waals surface area contributed by atoms with Gasteiger partial charge in [-0.05, 0) is 37.1 Å². The summed E-state index contributed by atoms with van der Waals surface area (Å²) in [6.07, 6.45) is 1.06. The molecule has 3 heteroatoms. The highest BCUT2D eigenvalue weighted by Gasteiger charge is 2.10. The molecule has 0 aliphatic heterocycles. The molecule has 0 aliphatic rings. The Hall–Kier alpha value is -2.16. The van der Waals surface area contributed by atoms with E-state index in [-0.39, 0.29) is 6.10 Å². The molecule has 3 nitrogen and oxygen atoms in total. The van der Waals surface area contributed by atoms with Gasteiger partial charge in [0.25, 0.3) is 0 Å². The van der Waals surface area contributed by atoms with E-state index in [0.717, 1.165) is 35.7 Å². The van der Waals surface area contributed by atoms with E-state index in [1.807, 2.05) is 42.5 Å². The van der Waals surface area contributed by atoms with Crippen LogP contribution in [0.1, 0.15) is 18.9 Å². The first-order chi connectivity index (χ1) is 10.2. The van der Waals surface area contributed by atoms with E-state index >= 15 is 0 Å². The molecule has 1 N–H and O–H groups in total. The SMILES string of the molecule is CCC(CNc1ccccc1OC)Oc1ccccc1C. The third-order valence-corrected chi connectivity index (χ3v) is 3.47. The molecule has 112 valence electrons. The van der Waals surface area contributed by atoms with Gasteiger partial charge < -0.3 is 14.8 Å². The minimum Gasteiger partial charge on any atom is -0.495 e. The number of hydrogen-bond donors (Lipinski definition) is 1. The minimum absolute atomic E-state index is 0.121. The van der Waals surface area contributed by atoms with Crippen LogP contribution in [0.25, 0.3) is 0 Å². The molecule has 0 spiro atoms. The van der Waals surface area contributed by atoms with Gasteiger partial charge in [0.1, 0.15) is 17.6 Å². The van der Waals surface area contributed by atoms with Gasteiger partial charge in [-0.1, -0.05) is 37.3 Å². The Morgan fingerprint density at radius 2 is 1.67 bits per heavy atom. The van der Waals surface area contributed by atoms with E-state index < -0.39 is 0 Å². The molecule has 0 saturated heterocycles. The van der Waals surface area contributed by atoms with Gasteiger partial charge in [0, 0.05) is 0 Å². The number of aryl methyl sites for hydroxylation is 1. The van der Waals surface area contributed by atoms with Crippen LogP contribution < -0.4 is 14.8 Å². The summed E-state index contributed by atoms with van der Waals surface area (Å²) >= 11 is 0. The standard InChI is InChI=1S/C18H23NO2/c1-4-15(21-17-11-7-5-9-14(17)2)13-19-16-10-6-8-12-18(16)20-3/h5-12,15,19H,4,13H2,1-3H3. The predicted molar refractivity (Wildman–Crippen MR) is 87.4 cm³/mol. The second kappa shape index (κ2) is 7.58. The molecule has 0 saturated carbocycles. The maximum Gasteiger partial charge on any atom is 0.141 e. The van der Waals surface area contributed by atoms with Gasteiger partial charge in [-0.15, -0.1) is 0 Å². The van der Waals surface area contributed by atoms with E-state index in [1.54, 1.807) is 7.11 Å². The maximum absolute atomic E-state index is 6.09. The zero-order valence-corrected chi connectivity index (χ0v) is 12.9. The van der Waals surface area contributed by atoms with Crippen molar-refractivity contribution in [2.75, 3.05) is 19.0 Å². The molecule has 1 atom stereocenters. The van der Waals surface area contributed by atoms with Crippen molar-refractivity contribution < 1.29 is 9.47 Å². The third kappa shape index (κ3) is 4.15. The third-order valence-electron chi connectivity index (χ3n) is 3.47. The molecule has 0 bridgehead atoms. The number of nitrogens with one attached hydrogen (secondary N) is 1. The number of para-hydroxylation sites is 3. The van der Waals surface area contributed by atoms with Gasteiger partial charge in [0.15, 0.2) is 0 Å². The van der Waals surface area contributed by atoms with Crippen LogP contribution in [0.5, 0.6) is 11.5 Å². The normalized spacial score (nSPS) is 11.8. The monoisotopic (exact) mass is 285 g/mol. The van der Waals surface area contributed by atoms with Crippen LogP contribution in [0.15, 0.2) is 48.5 Å². The molecule has 0 fully saturated rings. The fourth-order valence-electron chi connectivity index (χ4n) is 2.15. The Morgan fingerprint density at radius 3 is 2.33 bits per heavy atom. The van der Waals surface area contributed by atoms with Gasteiger partial charge >= 0.3 is 0 Å². The van der Waals surface area contributed by atoms with Crippen molar-refractivity contribution in [3.63, 3.8) is 0 Å². The van der Waals surface area contributed by atoms with Crippen molar-refractivity contribution in [3.05, 3.63) is 54.1 Å². The number of hydrogen-bond acceptors (Lipinski definition) is 3. The zero-order valence-electron chi connectivity index (χ0n) is 12.9. The number of anilines is 1. The molecule has 0 heterocycles. The summed E-state index contributed by atoms with van der Waals surface area (Å²) in [5.74, 6) is 1.80. The van der Waals surface area contributed by atoms with Crippen LogP contribution in [0.3, 0.4) is 0 Å². The molecule has 2 aromatic rings. The first-order valence-corrected chi connectivity index (χ1v) is 7.33. The molecular formula is C18H23NO2. The van der Waals surface area contributed by atoms with Crippen LogP contribution in [-0.4, -0.2) is 19.8 Å². The van der Waals surface area contributed by atoms with Crippen molar-refractivity contribution in [1.29, 1.82) is 0 Å². The van der Waals surface area contributed by atoms with E-state index in [1.165, 1.54) is 0 Å². The van der Waals surface area contributed by atoms with Gasteiger partial charge in [0.05, 0.1) is 19.3 Å². The van der Waals surface area contributed by atoms with Crippen molar-refractivity contribution in [2.45, 2.75) is 26.4 Å². The summed E-state index contributed by atoms with van der Waals surface area (Å²) in [6.45, 7) is 4.94. The maximum atomic E-state index is 6.09. The smallest absolute Gasteiger partial charge is 0.141 e. The lowest BCUT2D eigenvalue weighted by molar-refractivity contribution is 0.208. The Balaban J connectivity index is 1.98. The molecule has 2 aromatic carbocycles. The fraction of sp³-hybridized carbons (Fsp3) is 0.333. The lowest BCUT2D eigenvalue weighted by Crippen LogP contribution is -2.25. The predicted octanol–water partition coefficient (Wildman–Crippen LogP) is 4.27. The highest BCUT2D eigenvalue weighted by molar-refractivity contribution is 5.56. The summed E-state index contributed by atoms with van der Waals surface area (Å²) in [7, 11) is 1.68. The molecule has 1 unspecified atom stereocenters. The van der Waals surface area contributed by atoms with Crippen molar-refractivity contribution in [1.82, 2.24) is 0 Å². The molecule has 0 aliphatic carbocycles. The van der Waals surface area contributed by atoms with Crippen LogP contribution in [0.2, 0.25) is 0 Å². The number of benzene rings is 2. The van der Waals surface area contributed by atoms with E-state index in [2.05, 4.69) is 25.2 Å². The zero-order chi connectivity index (χ0) is 15.1. The lowest BCUT2D eigenvalue weighted by Gasteiger charge is -2.20. The number of ether oxygens (including phenoxy) is 2. The number of methoxy groups -OCH3 is 1. The largest absolute Gasteiger partial charge is 0.495 e. The van der Waals surface area contributed by atoms with E-state index in [4.69, 9.17) is 9.47 Å². The average Bonchev–Trinajstić information content (AvgIpc) is 2.53. The summed E-state index contributed by atoms with van der Waals surface area (Å²) in [4.78, 5) is 0. The topological polar surface area (TPSA) is 30.5 Å². The van der Waals surface area contributed by atoms with Crippen LogP contribution in [0.4, 0.5) is 5.69 Å². The Labute approximate surface area is 126 Å². The quantitative estimate of drug-likeness (QED) is 0.824. The summed E-state index contributed by atoms with van der Waals surface area (Å²) < 4.78 is 11.4. The van der Waals surface area contributed by atoms with Gasteiger partial charge in [-0.3, -0.25) is 0 Å². The van der Waals surface area contributed by atoms with Crippen molar-refractivity contribution >= 4 is 5.69 Å². The summed E-state index contributed by atoms with van der Waals surface area (Å²) in [5, 5.41) is 3.40.